The van der Waals surface area contributed by atoms with Crippen LogP contribution in [-0.4, -0.2) is 36.3 Å². The molecule has 0 heterocycles. The van der Waals surface area contributed by atoms with Crippen LogP contribution in [0.5, 0.6) is 0 Å². The van der Waals surface area contributed by atoms with Crippen molar-refractivity contribution in [3.8, 4) is 0 Å². The third kappa shape index (κ3) is 6.62. The van der Waals surface area contributed by atoms with Gasteiger partial charge < -0.3 is 10.2 Å². The van der Waals surface area contributed by atoms with Crippen LogP contribution in [0.3, 0.4) is 0 Å². The first-order valence-electron chi connectivity index (χ1n) is 7.09. The summed E-state index contributed by atoms with van der Waals surface area (Å²) < 4.78 is 0. The van der Waals surface area contributed by atoms with Gasteiger partial charge in [-0.25, -0.2) is 0 Å². The van der Waals surface area contributed by atoms with Crippen LogP contribution in [0.1, 0.15) is 53.4 Å². The molecule has 0 spiro atoms. The van der Waals surface area contributed by atoms with Crippen LogP contribution in [0.2, 0.25) is 0 Å². The van der Waals surface area contributed by atoms with E-state index < -0.39 is 0 Å². The van der Waals surface area contributed by atoms with Crippen molar-refractivity contribution < 1.29 is 9.59 Å². The quantitative estimate of drug-likeness (QED) is 0.687. The summed E-state index contributed by atoms with van der Waals surface area (Å²) in [7, 11) is 0. The van der Waals surface area contributed by atoms with Crippen molar-refractivity contribution in [1.29, 1.82) is 0 Å². The molecule has 106 valence electrons. The molecule has 0 aromatic carbocycles. The number of nitrogens with one attached hydrogen (secondary N) is 1. The Morgan fingerprint density at radius 3 is 2.17 bits per heavy atom. The van der Waals surface area contributed by atoms with Gasteiger partial charge in [0.05, 0.1) is 0 Å². The summed E-state index contributed by atoms with van der Waals surface area (Å²) >= 11 is 0. The minimum absolute atomic E-state index is 0.0835. The van der Waals surface area contributed by atoms with E-state index in [1.54, 1.807) is 11.8 Å². The summed E-state index contributed by atoms with van der Waals surface area (Å²) in [5.74, 6) is 0.297. The molecule has 0 aliphatic rings. The number of hydrogen-bond donors (Lipinski definition) is 1. The van der Waals surface area contributed by atoms with Crippen molar-refractivity contribution in [2.75, 3.05) is 19.6 Å². The lowest BCUT2D eigenvalue weighted by molar-refractivity contribution is -0.130. The van der Waals surface area contributed by atoms with E-state index in [0.29, 0.717) is 13.1 Å². The predicted molar refractivity (Wildman–Crippen MR) is 74.2 cm³/mol. The van der Waals surface area contributed by atoms with Gasteiger partial charge in [0, 0.05) is 32.5 Å². The molecule has 0 aliphatic carbocycles. The summed E-state index contributed by atoms with van der Waals surface area (Å²) in [4.78, 5) is 24.9. The zero-order chi connectivity index (χ0) is 14.0. The van der Waals surface area contributed by atoms with Crippen molar-refractivity contribution in [1.82, 2.24) is 10.2 Å². The maximum absolute atomic E-state index is 11.8. The molecule has 4 nitrogen and oxygen atoms in total. The van der Waals surface area contributed by atoms with Gasteiger partial charge in [0.1, 0.15) is 0 Å². The topological polar surface area (TPSA) is 49.4 Å². The van der Waals surface area contributed by atoms with Crippen LogP contribution < -0.4 is 5.32 Å². The minimum Gasteiger partial charge on any atom is -0.354 e. The third-order valence-corrected chi connectivity index (χ3v) is 3.26. The van der Waals surface area contributed by atoms with E-state index in [1.165, 1.54) is 0 Å². The Bertz CT molecular complexity index is 250. The van der Waals surface area contributed by atoms with Gasteiger partial charge in [0.2, 0.25) is 11.8 Å². The molecule has 0 fully saturated rings. The zero-order valence-electron chi connectivity index (χ0n) is 12.3. The Kier molecular flexibility index (Phi) is 9.33. The van der Waals surface area contributed by atoms with Gasteiger partial charge in [-0.3, -0.25) is 9.59 Å². The second-order valence-corrected chi connectivity index (χ2v) is 4.66. The second kappa shape index (κ2) is 9.92. The van der Waals surface area contributed by atoms with Gasteiger partial charge in [-0.05, 0) is 19.3 Å². The van der Waals surface area contributed by atoms with Gasteiger partial charge in [-0.2, -0.15) is 0 Å². The minimum atomic E-state index is 0.0835. The molecule has 0 bridgehead atoms. The zero-order valence-corrected chi connectivity index (χ0v) is 12.3. The van der Waals surface area contributed by atoms with E-state index >= 15 is 0 Å². The first kappa shape index (κ1) is 16.9. The van der Waals surface area contributed by atoms with Crippen molar-refractivity contribution in [3.05, 3.63) is 0 Å². The largest absolute Gasteiger partial charge is 0.354 e. The summed E-state index contributed by atoms with van der Waals surface area (Å²) in [6.07, 6.45) is 3.83. The molecule has 1 N–H and O–H groups in total. The molecule has 0 aromatic rings. The number of rotatable bonds is 9. The number of carbonyl (C=O) groups excluding carboxylic acids is 2. The summed E-state index contributed by atoms with van der Waals surface area (Å²) in [6, 6.07) is 0. The van der Waals surface area contributed by atoms with Crippen LogP contribution in [0.15, 0.2) is 0 Å². The molecule has 0 saturated carbocycles. The summed E-state index contributed by atoms with van der Waals surface area (Å²) in [6.45, 7) is 9.69. The van der Waals surface area contributed by atoms with Gasteiger partial charge >= 0.3 is 0 Å². The van der Waals surface area contributed by atoms with Gasteiger partial charge in [0.15, 0.2) is 0 Å². The standard InChI is InChI=1S/C14H28N2O2/c1-5-8-10-16(12(4)17)11-9-15-14(18)13(6-2)7-3/h13H,5-11H2,1-4H3,(H,15,18). The summed E-state index contributed by atoms with van der Waals surface area (Å²) in [5.41, 5.74) is 0. The molecule has 0 aliphatic heterocycles. The Labute approximate surface area is 111 Å². The van der Waals surface area contributed by atoms with Crippen molar-refractivity contribution in [3.63, 3.8) is 0 Å². The Morgan fingerprint density at radius 1 is 1.11 bits per heavy atom. The molecule has 0 rings (SSSR count). The molecule has 18 heavy (non-hydrogen) atoms. The number of carbonyl (C=O) groups is 2. The van der Waals surface area contributed by atoms with Crippen LogP contribution in [0.4, 0.5) is 0 Å². The molecular formula is C14H28N2O2. The highest BCUT2D eigenvalue weighted by Gasteiger charge is 2.14. The Balaban J connectivity index is 3.98. The SMILES string of the molecule is CCCCN(CCNC(=O)C(CC)CC)C(C)=O. The first-order chi connectivity index (χ1) is 8.56. The van der Waals surface area contributed by atoms with Gasteiger partial charge in [-0.15, -0.1) is 0 Å². The van der Waals surface area contributed by atoms with Gasteiger partial charge in [-0.1, -0.05) is 27.2 Å². The lowest BCUT2D eigenvalue weighted by Crippen LogP contribution is -2.39. The van der Waals surface area contributed by atoms with Crippen molar-refractivity contribution >= 4 is 11.8 Å². The molecule has 0 radical (unpaired) electrons. The van der Waals surface area contributed by atoms with E-state index in [9.17, 15) is 9.59 Å². The van der Waals surface area contributed by atoms with E-state index in [1.807, 2.05) is 13.8 Å². The van der Waals surface area contributed by atoms with E-state index in [0.717, 1.165) is 32.2 Å². The third-order valence-electron chi connectivity index (χ3n) is 3.26. The lowest BCUT2D eigenvalue weighted by Gasteiger charge is -2.21. The van der Waals surface area contributed by atoms with Crippen LogP contribution in [0, 0.1) is 5.92 Å². The molecule has 0 saturated heterocycles. The average molecular weight is 256 g/mol. The molecular weight excluding hydrogens is 228 g/mol. The highest BCUT2D eigenvalue weighted by atomic mass is 16.2. The van der Waals surface area contributed by atoms with E-state index in [4.69, 9.17) is 0 Å². The van der Waals surface area contributed by atoms with Gasteiger partial charge in [0.25, 0.3) is 0 Å². The number of nitrogens with zero attached hydrogens (tertiary/aromatic N) is 1. The van der Waals surface area contributed by atoms with Crippen LogP contribution in [0.25, 0.3) is 0 Å². The van der Waals surface area contributed by atoms with E-state index in [-0.39, 0.29) is 17.7 Å². The molecule has 0 aromatic heterocycles. The smallest absolute Gasteiger partial charge is 0.223 e. The predicted octanol–water partition coefficient (Wildman–Crippen LogP) is 2.19. The normalized spacial score (nSPS) is 10.5. The average Bonchev–Trinajstić information content (AvgIpc) is 2.34. The fourth-order valence-electron chi connectivity index (χ4n) is 1.89. The van der Waals surface area contributed by atoms with Crippen LogP contribution >= 0.6 is 0 Å². The first-order valence-corrected chi connectivity index (χ1v) is 7.09. The molecule has 0 atom stereocenters. The number of hydrogen-bond acceptors (Lipinski definition) is 2. The van der Waals surface area contributed by atoms with Crippen LogP contribution in [-0.2, 0) is 9.59 Å². The lowest BCUT2D eigenvalue weighted by atomic mass is 10.0. The summed E-state index contributed by atoms with van der Waals surface area (Å²) in [5, 5.41) is 2.91. The second-order valence-electron chi connectivity index (χ2n) is 4.66. The van der Waals surface area contributed by atoms with E-state index in [2.05, 4.69) is 12.2 Å². The molecule has 4 heteroatoms. The highest BCUT2D eigenvalue weighted by molar-refractivity contribution is 5.78. The maximum Gasteiger partial charge on any atom is 0.223 e. The highest BCUT2D eigenvalue weighted by Crippen LogP contribution is 2.06. The number of unbranched alkanes of at least 4 members (excludes halogenated alkanes) is 1. The monoisotopic (exact) mass is 256 g/mol. The van der Waals surface area contributed by atoms with Crippen molar-refractivity contribution in [2.24, 2.45) is 5.92 Å². The maximum atomic E-state index is 11.8. The molecule has 0 unspecified atom stereocenters. The number of amides is 2. The fourth-order valence-corrected chi connectivity index (χ4v) is 1.89. The van der Waals surface area contributed by atoms with Crippen molar-refractivity contribution in [2.45, 2.75) is 53.4 Å². The molecule has 2 amide bonds. The Morgan fingerprint density at radius 2 is 1.72 bits per heavy atom. The Hall–Kier alpha value is -1.06. The fraction of sp³-hybridized carbons (Fsp3) is 0.857.